The number of aryl methyl sites for hydroxylation is 1. The van der Waals surface area contributed by atoms with Crippen LogP contribution in [-0.4, -0.2) is 10.2 Å². The lowest BCUT2D eigenvalue weighted by Crippen LogP contribution is -2.42. The molecule has 0 atom stereocenters. The number of benzene rings is 2. The van der Waals surface area contributed by atoms with Crippen LogP contribution in [0.1, 0.15) is 30.4 Å². The summed E-state index contributed by atoms with van der Waals surface area (Å²) in [7, 11) is 0. The zero-order valence-corrected chi connectivity index (χ0v) is 14.2. The molecule has 1 N–H and O–H groups in total. The second-order valence-corrected chi connectivity index (χ2v) is 6.74. The van der Waals surface area contributed by atoms with Crippen molar-refractivity contribution in [2.45, 2.75) is 31.7 Å². The zero-order chi connectivity index (χ0) is 17.3. The Morgan fingerprint density at radius 3 is 2.44 bits per heavy atom. The van der Waals surface area contributed by atoms with E-state index in [-0.39, 0.29) is 11.4 Å². The van der Waals surface area contributed by atoms with Gasteiger partial charge in [0, 0.05) is 5.56 Å². The molecule has 1 aromatic heterocycles. The molecule has 0 unspecified atom stereocenters. The maximum absolute atomic E-state index is 13.6. The number of rotatable bonds is 4. The molecule has 0 bridgehead atoms. The van der Waals surface area contributed by atoms with Gasteiger partial charge in [0.05, 0.1) is 11.2 Å². The van der Waals surface area contributed by atoms with Crippen molar-refractivity contribution in [3.05, 3.63) is 77.6 Å². The SMILES string of the molecule is Cc1cccc(-c2ccc(NC3(c4cccc(F)c4)CCC3)nn2)c1. The van der Waals surface area contributed by atoms with Gasteiger partial charge < -0.3 is 5.32 Å². The number of hydrogen-bond donors (Lipinski definition) is 1. The minimum atomic E-state index is -0.234. The molecule has 3 aromatic rings. The molecule has 0 saturated heterocycles. The highest BCUT2D eigenvalue weighted by Crippen LogP contribution is 2.43. The molecule has 3 nitrogen and oxygen atoms in total. The third-order valence-corrected chi connectivity index (χ3v) is 4.93. The van der Waals surface area contributed by atoms with E-state index in [1.54, 1.807) is 12.1 Å². The van der Waals surface area contributed by atoms with Crippen LogP contribution in [0.5, 0.6) is 0 Å². The summed E-state index contributed by atoms with van der Waals surface area (Å²) in [6, 6.07) is 19.0. The maximum Gasteiger partial charge on any atom is 0.149 e. The molecule has 1 aliphatic carbocycles. The Morgan fingerprint density at radius 1 is 0.960 bits per heavy atom. The van der Waals surface area contributed by atoms with Gasteiger partial charge in [-0.15, -0.1) is 10.2 Å². The van der Waals surface area contributed by atoms with Crippen molar-refractivity contribution in [1.82, 2.24) is 10.2 Å². The highest BCUT2D eigenvalue weighted by atomic mass is 19.1. The number of nitrogens with one attached hydrogen (secondary N) is 1. The van der Waals surface area contributed by atoms with Crippen molar-refractivity contribution in [2.75, 3.05) is 5.32 Å². The van der Waals surface area contributed by atoms with Gasteiger partial charge in [-0.25, -0.2) is 4.39 Å². The third-order valence-electron chi connectivity index (χ3n) is 4.93. The molecule has 1 saturated carbocycles. The molecular formula is C21H20FN3. The van der Waals surface area contributed by atoms with Gasteiger partial charge >= 0.3 is 0 Å². The van der Waals surface area contributed by atoms with E-state index in [4.69, 9.17) is 0 Å². The molecule has 1 fully saturated rings. The fraction of sp³-hybridized carbons (Fsp3) is 0.238. The van der Waals surface area contributed by atoms with E-state index >= 15 is 0 Å². The molecule has 4 heteroatoms. The van der Waals surface area contributed by atoms with Gasteiger partial charge in [-0.05, 0) is 62.1 Å². The van der Waals surface area contributed by atoms with Crippen LogP contribution in [0.25, 0.3) is 11.3 Å². The van der Waals surface area contributed by atoms with Crippen molar-refractivity contribution in [2.24, 2.45) is 0 Å². The van der Waals surface area contributed by atoms with E-state index in [0.29, 0.717) is 0 Å². The van der Waals surface area contributed by atoms with E-state index in [0.717, 1.165) is 41.9 Å². The van der Waals surface area contributed by atoms with Crippen molar-refractivity contribution in [3.63, 3.8) is 0 Å². The van der Waals surface area contributed by atoms with Crippen LogP contribution in [0.15, 0.2) is 60.7 Å². The Bertz CT molecular complexity index is 886. The highest BCUT2D eigenvalue weighted by Gasteiger charge is 2.39. The van der Waals surface area contributed by atoms with Gasteiger partial charge in [-0.2, -0.15) is 0 Å². The monoisotopic (exact) mass is 333 g/mol. The predicted molar refractivity (Wildman–Crippen MR) is 97.8 cm³/mol. The van der Waals surface area contributed by atoms with Crippen LogP contribution in [-0.2, 0) is 5.54 Å². The second kappa shape index (κ2) is 6.28. The van der Waals surface area contributed by atoms with Crippen LogP contribution in [0, 0.1) is 12.7 Å². The molecule has 0 spiro atoms. The number of nitrogens with zero attached hydrogens (tertiary/aromatic N) is 2. The van der Waals surface area contributed by atoms with Gasteiger partial charge in [-0.1, -0.05) is 35.9 Å². The molecule has 0 aliphatic heterocycles. The first-order chi connectivity index (χ1) is 12.1. The number of halogens is 1. The molecule has 25 heavy (non-hydrogen) atoms. The topological polar surface area (TPSA) is 37.8 Å². The van der Waals surface area contributed by atoms with Gasteiger partial charge in [-0.3, -0.25) is 0 Å². The van der Waals surface area contributed by atoms with Crippen molar-refractivity contribution >= 4 is 5.82 Å². The molecular weight excluding hydrogens is 313 g/mol. The molecule has 1 aliphatic rings. The normalized spacial score (nSPS) is 15.4. The smallest absolute Gasteiger partial charge is 0.149 e. The molecule has 2 aromatic carbocycles. The summed E-state index contributed by atoms with van der Waals surface area (Å²) >= 11 is 0. The van der Waals surface area contributed by atoms with E-state index in [1.165, 1.54) is 11.6 Å². The molecule has 0 amide bonds. The van der Waals surface area contributed by atoms with Crippen LogP contribution >= 0.6 is 0 Å². The van der Waals surface area contributed by atoms with Crippen LogP contribution in [0.4, 0.5) is 10.2 Å². The minimum absolute atomic E-state index is 0.202. The van der Waals surface area contributed by atoms with Gasteiger partial charge in [0.15, 0.2) is 0 Å². The lowest BCUT2D eigenvalue weighted by Gasteiger charge is -2.43. The number of hydrogen-bond acceptors (Lipinski definition) is 3. The molecule has 1 heterocycles. The summed E-state index contributed by atoms with van der Waals surface area (Å²) in [6.07, 6.45) is 3.06. The summed E-state index contributed by atoms with van der Waals surface area (Å²) in [6.45, 7) is 2.06. The summed E-state index contributed by atoms with van der Waals surface area (Å²) in [5, 5.41) is 12.2. The Kier molecular flexibility index (Phi) is 3.96. The number of aromatic nitrogens is 2. The zero-order valence-electron chi connectivity index (χ0n) is 14.2. The van der Waals surface area contributed by atoms with Gasteiger partial charge in [0.2, 0.25) is 0 Å². The van der Waals surface area contributed by atoms with Crippen molar-refractivity contribution in [1.29, 1.82) is 0 Å². The third kappa shape index (κ3) is 3.12. The highest BCUT2D eigenvalue weighted by molar-refractivity contribution is 5.60. The standard InChI is InChI=1S/C21H20FN3/c1-15-5-2-6-16(13-15)19-9-10-20(25-24-19)23-21(11-4-12-21)17-7-3-8-18(22)14-17/h2-3,5-10,13-14H,4,11-12H2,1H3,(H,23,25). The van der Waals surface area contributed by atoms with E-state index in [9.17, 15) is 4.39 Å². The first-order valence-electron chi connectivity index (χ1n) is 8.60. The fourth-order valence-corrected chi connectivity index (χ4v) is 3.40. The van der Waals surface area contributed by atoms with Crippen LogP contribution < -0.4 is 5.32 Å². The Morgan fingerprint density at radius 2 is 1.80 bits per heavy atom. The molecule has 126 valence electrons. The first-order valence-corrected chi connectivity index (χ1v) is 8.60. The van der Waals surface area contributed by atoms with E-state index in [2.05, 4.69) is 34.6 Å². The molecule has 4 rings (SSSR count). The van der Waals surface area contributed by atoms with Crippen LogP contribution in [0.3, 0.4) is 0 Å². The summed E-state index contributed by atoms with van der Waals surface area (Å²) in [5.41, 5.74) is 3.84. The second-order valence-electron chi connectivity index (χ2n) is 6.74. The van der Waals surface area contributed by atoms with Crippen molar-refractivity contribution in [3.8, 4) is 11.3 Å². The van der Waals surface area contributed by atoms with Gasteiger partial charge in [0.1, 0.15) is 11.6 Å². The van der Waals surface area contributed by atoms with Crippen molar-refractivity contribution < 1.29 is 4.39 Å². The predicted octanol–water partition coefficient (Wildman–Crippen LogP) is 5.08. The molecule has 0 radical (unpaired) electrons. The fourth-order valence-electron chi connectivity index (χ4n) is 3.40. The Hall–Kier alpha value is -2.75. The summed E-state index contributed by atoms with van der Waals surface area (Å²) in [5.74, 6) is 0.520. The lowest BCUT2D eigenvalue weighted by atomic mass is 9.72. The quantitative estimate of drug-likeness (QED) is 0.723. The van der Waals surface area contributed by atoms with Crippen LogP contribution in [0.2, 0.25) is 0 Å². The van der Waals surface area contributed by atoms with E-state index in [1.807, 2.05) is 30.3 Å². The average Bonchev–Trinajstić information content (AvgIpc) is 2.59. The first kappa shape index (κ1) is 15.8. The Balaban J connectivity index is 1.58. The Labute approximate surface area is 146 Å². The van der Waals surface area contributed by atoms with Gasteiger partial charge in [0.25, 0.3) is 0 Å². The minimum Gasteiger partial charge on any atom is -0.359 e. The largest absolute Gasteiger partial charge is 0.359 e. The summed E-state index contributed by atoms with van der Waals surface area (Å²) < 4.78 is 13.6. The maximum atomic E-state index is 13.6. The average molecular weight is 333 g/mol. The van der Waals surface area contributed by atoms with E-state index < -0.39 is 0 Å². The lowest BCUT2D eigenvalue weighted by molar-refractivity contribution is 0.282. The number of anilines is 1. The summed E-state index contributed by atoms with van der Waals surface area (Å²) in [4.78, 5) is 0.